The minimum Gasteiger partial charge on any atom is -0.293 e. The molecule has 0 saturated carbocycles. The van der Waals surface area contributed by atoms with E-state index < -0.39 is 22.9 Å². The van der Waals surface area contributed by atoms with Crippen LogP contribution in [0, 0.1) is 11.6 Å². The molecule has 1 heterocycles. The second kappa shape index (κ2) is 5.73. The third-order valence-corrected chi connectivity index (χ3v) is 4.18. The fourth-order valence-electron chi connectivity index (χ4n) is 2.46. The summed E-state index contributed by atoms with van der Waals surface area (Å²) in [5.74, 6) is -2.30. The molecule has 0 amide bonds. The fraction of sp³-hybridized carbons (Fsp3) is 0.125. The normalized spacial score (nSPS) is 11.1. The van der Waals surface area contributed by atoms with Crippen molar-refractivity contribution in [2.75, 3.05) is 0 Å². The van der Waals surface area contributed by atoms with Crippen LogP contribution in [0.2, 0.25) is 0 Å². The smallest absolute Gasteiger partial charge is 0.293 e. The molecule has 0 spiro atoms. The molecule has 3 aromatic rings. The second-order valence-electron chi connectivity index (χ2n) is 5.12. The lowest BCUT2D eigenvalue weighted by atomic mass is 10.2. The third kappa shape index (κ3) is 2.61. The van der Waals surface area contributed by atoms with Gasteiger partial charge in [0.2, 0.25) is 0 Å². The molecule has 23 heavy (non-hydrogen) atoms. The largest absolute Gasteiger partial charge is 0.331 e. The summed E-state index contributed by atoms with van der Waals surface area (Å²) >= 11 is 3.31. The van der Waals surface area contributed by atoms with Crippen LogP contribution in [-0.4, -0.2) is 9.13 Å². The zero-order valence-corrected chi connectivity index (χ0v) is 13.6. The van der Waals surface area contributed by atoms with Gasteiger partial charge in [-0.3, -0.25) is 13.9 Å². The Morgan fingerprint density at radius 1 is 1.04 bits per heavy atom. The molecule has 4 nitrogen and oxygen atoms in total. The van der Waals surface area contributed by atoms with E-state index in [1.54, 1.807) is 24.3 Å². The summed E-state index contributed by atoms with van der Waals surface area (Å²) in [7, 11) is 1.31. The molecule has 0 aliphatic carbocycles. The highest BCUT2D eigenvalue weighted by molar-refractivity contribution is 9.10. The Labute approximate surface area is 137 Å². The van der Waals surface area contributed by atoms with Crippen molar-refractivity contribution >= 4 is 26.8 Å². The number of nitrogens with zero attached hydrogens (tertiary/aromatic N) is 2. The number of benzene rings is 2. The minimum atomic E-state index is -1.20. The fourth-order valence-corrected chi connectivity index (χ4v) is 2.73. The van der Waals surface area contributed by atoms with Crippen molar-refractivity contribution in [3.05, 3.63) is 78.9 Å². The Morgan fingerprint density at radius 3 is 2.35 bits per heavy atom. The number of fused-ring (bicyclic) bond motifs is 1. The minimum absolute atomic E-state index is 0.0388. The van der Waals surface area contributed by atoms with Crippen molar-refractivity contribution in [1.82, 2.24) is 9.13 Å². The van der Waals surface area contributed by atoms with Crippen LogP contribution in [-0.2, 0) is 13.6 Å². The number of hydrogen-bond acceptors (Lipinski definition) is 2. The van der Waals surface area contributed by atoms with E-state index >= 15 is 0 Å². The molecule has 0 aliphatic rings. The monoisotopic (exact) mass is 380 g/mol. The predicted octanol–water partition coefficient (Wildman–Crippen LogP) is 2.79. The summed E-state index contributed by atoms with van der Waals surface area (Å²) in [6.07, 6.45) is 0. The van der Waals surface area contributed by atoms with Crippen molar-refractivity contribution in [1.29, 1.82) is 0 Å². The van der Waals surface area contributed by atoms with Gasteiger partial charge in [-0.15, -0.1) is 0 Å². The van der Waals surface area contributed by atoms with Gasteiger partial charge >= 0.3 is 5.69 Å². The number of rotatable bonds is 2. The molecule has 7 heteroatoms. The molecule has 0 atom stereocenters. The standard InChI is InChI=1S/C16H11BrF2N2O2/c1-20-14-11(6-7-12(18)13(14)19)15(22)21(16(20)23)8-9-2-4-10(17)5-3-9/h2-7H,8H2,1H3. The van der Waals surface area contributed by atoms with Crippen LogP contribution in [0.1, 0.15) is 5.56 Å². The number of halogens is 3. The van der Waals surface area contributed by atoms with Gasteiger partial charge in [-0.2, -0.15) is 0 Å². The maximum atomic E-state index is 13.9. The molecule has 0 bridgehead atoms. The van der Waals surface area contributed by atoms with Crippen LogP contribution in [0.15, 0.2) is 50.5 Å². The van der Waals surface area contributed by atoms with E-state index in [9.17, 15) is 18.4 Å². The van der Waals surface area contributed by atoms with E-state index in [0.717, 1.165) is 25.2 Å². The van der Waals surface area contributed by atoms with Gasteiger partial charge in [0.05, 0.1) is 17.4 Å². The van der Waals surface area contributed by atoms with Crippen LogP contribution < -0.4 is 11.2 Å². The van der Waals surface area contributed by atoms with Crippen molar-refractivity contribution < 1.29 is 8.78 Å². The Bertz CT molecular complexity index is 1020. The van der Waals surface area contributed by atoms with Gasteiger partial charge in [-0.05, 0) is 29.8 Å². The van der Waals surface area contributed by atoms with Gasteiger partial charge in [-0.25, -0.2) is 13.6 Å². The molecule has 0 fully saturated rings. The summed E-state index contributed by atoms with van der Waals surface area (Å²) in [6, 6.07) is 9.19. The molecular weight excluding hydrogens is 370 g/mol. The lowest BCUT2D eigenvalue weighted by molar-refractivity contribution is 0.509. The van der Waals surface area contributed by atoms with E-state index in [0.29, 0.717) is 0 Å². The summed E-state index contributed by atoms with van der Waals surface area (Å²) in [5, 5.41) is -0.0388. The Balaban J connectivity index is 2.27. The number of aryl methyl sites for hydroxylation is 1. The highest BCUT2D eigenvalue weighted by atomic mass is 79.9. The highest BCUT2D eigenvalue weighted by Crippen LogP contribution is 2.16. The van der Waals surface area contributed by atoms with Crippen LogP contribution in [0.5, 0.6) is 0 Å². The first-order valence-electron chi connectivity index (χ1n) is 6.72. The van der Waals surface area contributed by atoms with Gasteiger partial charge < -0.3 is 0 Å². The molecule has 0 unspecified atom stereocenters. The molecule has 0 N–H and O–H groups in total. The average Bonchev–Trinajstić information content (AvgIpc) is 2.53. The van der Waals surface area contributed by atoms with E-state index in [1.165, 1.54) is 13.1 Å². The average molecular weight is 381 g/mol. The Morgan fingerprint density at radius 2 is 1.70 bits per heavy atom. The first kappa shape index (κ1) is 15.6. The molecule has 0 saturated heterocycles. The number of hydrogen-bond donors (Lipinski definition) is 0. The molecule has 1 aromatic heterocycles. The topological polar surface area (TPSA) is 44.0 Å². The van der Waals surface area contributed by atoms with E-state index in [1.807, 2.05) is 0 Å². The van der Waals surface area contributed by atoms with Crippen molar-refractivity contribution in [2.24, 2.45) is 7.05 Å². The van der Waals surface area contributed by atoms with Crippen molar-refractivity contribution in [3.63, 3.8) is 0 Å². The maximum Gasteiger partial charge on any atom is 0.331 e. The van der Waals surface area contributed by atoms with Crippen LogP contribution in [0.25, 0.3) is 10.9 Å². The summed E-state index contributed by atoms with van der Waals surface area (Å²) in [6.45, 7) is 0.0493. The van der Waals surface area contributed by atoms with Gasteiger partial charge in [-0.1, -0.05) is 28.1 Å². The lowest BCUT2D eigenvalue weighted by Crippen LogP contribution is -2.39. The van der Waals surface area contributed by atoms with Crippen LogP contribution in [0.4, 0.5) is 8.78 Å². The Kier molecular flexibility index (Phi) is 3.89. The van der Waals surface area contributed by atoms with Gasteiger partial charge in [0.15, 0.2) is 11.6 Å². The van der Waals surface area contributed by atoms with E-state index in [-0.39, 0.29) is 17.4 Å². The SMILES string of the molecule is Cn1c(=O)n(Cc2ccc(Br)cc2)c(=O)c2ccc(F)c(F)c21. The van der Waals surface area contributed by atoms with Crippen molar-refractivity contribution in [3.8, 4) is 0 Å². The quantitative estimate of drug-likeness (QED) is 0.686. The van der Waals surface area contributed by atoms with Crippen LogP contribution in [0.3, 0.4) is 0 Å². The highest BCUT2D eigenvalue weighted by Gasteiger charge is 2.17. The summed E-state index contributed by atoms with van der Waals surface area (Å²) in [5.41, 5.74) is -0.929. The zero-order chi connectivity index (χ0) is 16.7. The summed E-state index contributed by atoms with van der Waals surface area (Å²) in [4.78, 5) is 24.9. The Hall–Kier alpha value is -2.28. The summed E-state index contributed by atoms with van der Waals surface area (Å²) < 4.78 is 30.1. The first-order chi connectivity index (χ1) is 10.9. The zero-order valence-electron chi connectivity index (χ0n) is 12.0. The first-order valence-corrected chi connectivity index (χ1v) is 7.51. The van der Waals surface area contributed by atoms with Gasteiger partial charge in [0, 0.05) is 11.5 Å². The lowest BCUT2D eigenvalue weighted by Gasteiger charge is -2.11. The molecular formula is C16H11BrF2N2O2. The molecule has 2 aromatic carbocycles. The third-order valence-electron chi connectivity index (χ3n) is 3.65. The second-order valence-corrected chi connectivity index (χ2v) is 6.03. The van der Waals surface area contributed by atoms with Crippen LogP contribution >= 0.6 is 15.9 Å². The van der Waals surface area contributed by atoms with Crippen molar-refractivity contribution in [2.45, 2.75) is 6.54 Å². The predicted molar refractivity (Wildman–Crippen MR) is 86.6 cm³/mol. The van der Waals surface area contributed by atoms with E-state index in [2.05, 4.69) is 15.9 Å². The molecule has 118 valence electrons. The van der Waals surface area contributed by atoms with Gasteiger partial charge in [0.1, 0.15) is 0 Å². The molecule has 0 aliphatic heterocycles. The maximum absolute atomic E-state index is 13.9. The molecule has 3 rings (SSSR count). The van der Waals surface area contributed by atoms with Gasteiger partial charge in [0.25, 0.3) is 5.56 Å². The van der Waals surface area contributed by atoms with E-state index in [4.69, 9.17) is 0 Å². The number of aromatic nitrogens is 2. The molecule has 0 radical (unpaired) electrons.